The zero-order chi connectivity index (χ0) is 14.8. The lowest BCUT2D eigenvalue weighted by molar-refractivity contribution is 0.0724. The van der Waals surface area contributed by atoms with Crippen LogP contribution in [-0.2, 0) is 10.0 Å². The number of halogens is 2. The predicted octanol–water partition coefficient (Wildman–Crippen LogP) is 2.82. The molecule has 2 unspecified atom stereocenters. The molecule has 4 nitrogen and oxygen atoms in total. The van der Waals surface area contributed by atoms with Gasteiger partial charge in [0.2, 0.25) is 10.0 Å². The Hall–Kier alpha value is -0.330. The van der Waals surface area contributed by atoms with Crippen LogP contribution in [0.4, 0.5) is 0 Å². The number of aliphatic hydroxyl groups is 1. The summed E-state index contributed by atoms with van der Waals surface area (Å²) < 4.78 is 27.0. The molecule has 1 saturated carbocycles. The molecule has 0 aliphatic heterocycles. The van der Waals surface area contributed by atoms with Crippen molar-refractivity contribution < 1.29 is 13.5 Å². The molecule has 0 radical (unpaired) electrons. The Kier molecular flexibility index (Phi) is 5.31. The number of rotatable bonds is 4. The van der Waals surface area contributed by atoms with Crippen molar-refractivity contribution in [1.29, 1.82) is 0 Å². The van der Waals surface area contributed by atoms with E-state index < -0.39 is 16.1 Å². The Bertz CT molecular complexity index is 557. The summed E-state index contributed by atoms with van der Waals surface area (Å²) in [4.78, 5) is -0.103. The van der Waals surface area contributed by atoms with Crippen LogP contribution in [0.3, 0.4) is 0 Å². The molecule has 0 amide bonds. The lowest BCUT2D eigenvalue weighted by Crippen LogP contribution is -2.36. The molecule has 1 fully saturated rings. The van der Waals surface area contributed by atoms with E-state index in [4.69, 9.17) is 23.2 Å². The van der Waals surface area contributed by atoms with Crippen LogP contribution < -0.4 is 4.72 Å². The second-order valence-corrected chi connectivity index (χ2v) is 7.53. The molecular formula is C13H17Cl2NO3S. The van der Waals surface area contributed by atoms with Crippen molar-refractivity contribution in [3.8, 4) is 0 Å². The molecule has 20 heavy (non-hydrogen) atoms. The molecule has 0 aromatic heterocycles. The maximum absolute atomic E-state index is 12.3. The van der Waals surface area contributed by atoms with Gasteiger partial charge >= 0.3 is 0 Å². The SMILES string of the molecule is O=S(=O)(NCC1CCCCC1O)c1c(Cl)cccc1Cl. The molecule has 1 aliphatic carbocycles. The van der Waals surface area contributed by atoms with Crippen LogP contribution in [0, 0.1) is 5.92 Å². The average molecular weight is 338 g/mol. The Morgan fingerprint density at radius 2 is 1.80 bits per heavy atom. The predicted molar refractivity (Wildman–Crippen MR) is 79.6 cm³/mol. The minimum absolute atomic E-state index is 0.0558. The van der Waals surface area contributed by atoms with Crippen molar-refractivity contribution in [1.82, 2.24) is 4.72 Å². The third kappa shape index (κ3) is 3.65. The minimum atomic E-state index is -3.77. The molecule has 2 rings (SSSR count). The zero-order valence-electron chi connectivity index (χ0n) is 10.9. The number of nitrogens with one attached hydrogen (secondary N) is 1. The van der Waals surface area contributed by atoms with Crippen molar-refractivity contribution in [3.63, 3.8) is 0 Å². The van der Waals surface area contributed by atoms with E-state index in [0.717, 1.165) is 25.7 Å². The van der Waals surface area contributed by atoms with Crippen molar-refractivity contribution >= 4 is 33.2 Å². The molecule has 0 saturated heterocycles. The maximum atomic E-state index is 12.3. The van der Waals surface area contributed by atoms with Gasteiger partial charge in [0.15, 0.2) is 0 Å². The van der Waals surface area contributed by atoms with Gasteiger partial charge in [-0.05, 0) is 30.9 Å². The van der Waals surface area contributed by atoms with Crippen LogP contribution in [0.2, 0.25) is 10.0 Å². The number of sulfonamides is 1. The van der Waals surface area contributed by atoms with Gasteiger partial charge in [0.05, 0.1) is 16.1 Å². The quantitative estimate of drug-likeness (QED) is 0.887. The second-order valence-electron chi connectivity index (χ2n) is 5.01. The van der Waals surface area contributed by atoms with E-state index in [0.29, 0.717) is 0 Å². The van der Waals surface area contributed by atoms with Gasteiger partial charge in [-0.2, -0.15) is 0 Å². The van der Waals surface area contributed by atoms with E-state index in [1.807, 2.05) is 0 Å². The molecule has 2 atom stereocenters. The van der Waals surface area contributed by atoms with Gasteiger partial charge in [0, 0.05) is 6.54 Å². The third-order valence-corrected chi connectivity index (χ3v) is 5.97. The lowest BCUT2D eigenvalue weighted by atomic mass is 9.87. The van der Waals surface area contributed by atoms with Gasteiger partial charge in [-0.25, -0.2) is 13.1 Å². The van der Waals surface area contributed by atoms with Crippen molar-refractivity contribution in [2.24, 2.45) is 5.92 Å². The smallest absolute Gasteiger partial charge is 0.243 e. The highest BCUT2D eigenvalue weighted by Crippen LogP contribution is 2.29. The topological polar surface area (TPSA) is 66.4 Å². The molecule has 1 aromatic carbocycles. The zero-order valence-corrected chi connectivity index (χ0v) is 13.2. The maximum Gasteiger partial charge on any atom is 0.243 e. The van der Waals surface area contributed by atoms with Crippen LogP contribution in [0.1, 0.15) is 25.7 Å². The monoisotopic (exact) mass is 337 g/mol. The summed E-state index contributed by atoms with van der Waals surface area (Å²) in [5.41, 5.74) is 0. The number of aliphatic hydroxyl groups excluding tert-OH is 1. The lowest BCUT2D eigenvalue weighted by Gasteiger charge is -2.27. The fourth-order valence-electron chi connectivity index (χ4n) is 2.45. The largest absolute Gasteiger partial charge is 0.393 e. The van der Waals surface area contributed by atoms with E-state index in [2.05, 4.69) is 4.72 Å². The minimum Gasteiger partial charge on any atom is -0.393 e. The van der Waals surface area contributed by atoms with Crippen LogP contribution in [0.15, 0.2) is 23.1 Å². The Morgan fingerprint density at radius 1 is 1.20 bits per heavy atom. The summed E-state index contributed by atoms with van der Waals surface area (Å²) >= 11 is 11.8. The van der Waals surface area contributed by atoms with Crippen molar-refractivity contribution in [2.75, 3.05) is 6.54 Å². The summed E-state index contributed by atoms with van der Waals surface area (Å²) in [5, 5.41) is 10.0. The first-order chi connectivity index (χ1) is 9.42. The standard InChI is InChI=1S/C13H17Cl2NO3S/c14-10-5-3-6-11(15)13(10)20(18,19)16-8-9-4-1-2-7-12(9)17/h3,5-6,9,12,16-17H,1-2,4,7-8H2. The molecule has 7 heteroatoms. The van der Waals surface area contributed by atoms with Crippen molar-refractivity contribution in [2.45, 2.75) is 36.7 Å². The average Bonchev–Trinajstić information content (AvgIpc) is 2.37. The first kappa shape index (κ1) is 16.0. The van der Waals surface area contributed by atoms with Crippen LogP contribution in [0.5, 0.6) is 0 Å². The Morgan fingerprint density at radius 3 is 2.40 bits per heavy atom. The normalized spacial score (nSPS) is 23.8. The first-order valence-electron chi connectivity index (χ1n) is 6.53. The van der Waals surface area contributed by atoms with Gasteiger partial charge in [-0.3, -0.25) is 0 Å². The van der Waals surface area contributed by atoms with E-state index in [1.54, 1.807) is 6.07 Å². The summed E-state index contributed by atoms with van der Waals surface area (Å²) in [6.45, 7) is 0.199. The van der Waals surface area contributed by atoms with Crippen LogP contribution in [-0.4, -0.2) is 26.2 Å². The highest BCUT2D eigenvalue weighted by Gasteiger charge is 2.27. The molecule has 1 aliphatic rings. The molecular weight excluding hydrogens is 321 g/mol. The highest BCUT2D eigenvalue weighted by atomic mass is 35.5. The van der Waals surface area contributed by atoms with E-state index in [-0.39, 0.29) is 27.4 Å². The molecule has 0 bridgehead atoms. The van der Waals surface area contributed by atoms with Gasteiger partial charge in [-0.1, -0.05) is 42.1 Å². The van der Waals surface area contributed by atoms with E-state index in [9.17, 15) is 13.5 Å². The fourth-order valence-corrected chi connectivity index (χ4v) is 4.69. The number of hydrogen-bond donors (Lipinski definition) is 2. The highest BCUT2D eigenvalue weighted by molar-refractivity contribution is 7.89. The fraction of sp³-hybridized carbons (Fsp3) is 0.538. The van der Waals surface area contributed by atoms with Crippen molar-refractivity contribution in [3.05, 3.63) is 28.2 Å². The molecule has 2 N–H and O–H groups in total. The van der Waals surface area contributed by atoms with E-state index >= 15 is 0 Å². The summed E-state index contributed by atoms with van der Waals surface area (Å²) in [5.74, 6) is -0.0558. The van der Waals surface area contributed by atoms with E-state index in [1.165, 1.54) is 12.1 Å². The summed E-state index contributed by atoms with van der Waals surface area (Å²) in [6.07, 6.45) is 3.09. The molecule has 0 heterocycles. The first-order valence-corrected chi connectivity index (χ1v) is 8.77. The van der Waals surface area contributed by atoms with Gasteiger partial charge in [0.1, 0.15) is 4.90 Å². The molecule has 1 aromatic rings. The van der Waals surface area contributed by atoms with Gasteiger partial charge < -0.3 is 5.11 Å². The summed E-state index contributed by atoms with van der Waals surface area (Å²) in [6, 6.07) is 4.56. The second kappa shape index (κ2) is 6.62. The Labute approximate surface area is 129 Å². The van der Waals surface area contributed by atoms with Gasteiger partial charge in [0.25, 0.3) is 0 Å². The number of hydrogen-bond acceptors (Lipinski definition) is 3. The molecule has 0 spiro atoms. The number of benzene rings is 1. The van der Waals surface area contributed by atoms with Crippen LogP contribution in [0.25, 0.3) is 0 Å². The summed E-state index contributed by atoms with van der Waals surface area (Å²) in [7, 11) is -3.77. The Balaban J connectivity index is 2.11. The third-order valence-electron chi connectivity index (χ3n) is 3.59. The van der Waals surface area contributed by atoms with Gasteiger partial charge in [-0.15, -0.1) is 0 Å². The van der Waals surface area contributed by atoms with Crippen LogP contribution >= 0.6 is 23.2 Å². The molecule has 112 valence electrons.